The molecule has 0 bridgehead atoms. The molecule has 1 N–H and O–H groups in total. The Kier molecular flexibility index (Phi) is 5.88. The van der Waals surface area contributed by atoms with Gasteiger partial charge in [0.25, 0.3) is 0 Å². The lowest BCUT2D eigenvalue weighted by Gasteiger charge is -2.23. The third-order valence-electron chi connectivity index (χ3n) is 5.36. The van der Waals surface area contributed by atoms with Crippen LogP contribution in [0.2, 0.25) is 0 Å². The zero-order valence-electron chi connectivity index (χ0n) is 17.5. The lowest BCUT2D eigenvalue weighted by atomic mass is 10.2. The second-order valence-corrected chi connectivity index (χ2v) is 9.56. The number of rotatable bonds is 6. The van der Waals surface area contributed by atoms with Crippen LogP contribution in [0.4, 0.5) is 0 Å². The van der Waals surface area contributed by atoms with E-state index in [0.717, 1.165) is 17.0 Å². The number of carbonyl (C=O) groups excluding carboxylic acids is 1. The fourth-order valence-corrected chi connectivity index (χ4v) is 5.51. The molecule has 1 saturated heterocycles. The second kappa shape index (κ2) is 8.60. The molecule has 9 heteroatoms. The molecule has 1 aliphatic heterocycles. The molecule has 0 aliphatic carbocycles. The maximum absolute atomic E-state index is 13.0. The van der Waals surface area contributed by atoms with Gasteiger partial charge in [-0.1, -0.05) is 24.3 Å². The first-order chi connectivity index (χ1) is 14.9. The molecule has 1 aliphatic rings. The highest BCUT2D eigenvalue weighted by Crippen LogP contribution is 2.26. The number of aryl methyl sites for hydroxylation is 2. The van der Waals surface area contributed by atoms with Gasteiger partial charge in [0, 0.05) is 25.0 Å². The van der Waals surface area contributed by atoms with Crippen LogP contribution in [0.1, 0.15) is 29.8 Å². The van der Waals surface area contributed by atoms with E-state index >= 15 is 0 Å². The summed E-state index contributed by atoms with van der Waals surface area (Å²) >= 11 is 0. The average molecular weight is 440 g/mol. The van der Waals surface area contributed by atoms with Crippen molar-refractivity contribution in [2.24, 2.45) is 0 Å². The van der Waals surface area contributed by atoms with E-state index in [-0.39, 0.29) is 17.3 Å². The van der Waals surface area contributed by atoms with Crippen molar-refractivity contribution < 1.29 is 13.2 Å². The number of amides is 1. The normalized spacial score (nSPS) is 17.0. The smallest absolute Gasteiger partial charge is 0.243 e. The first kappa shape index (κ1) is 21.2. The van der Waals surface area contributed by atoms with Gasteiger partial charge in [-0.05, 0) is 56.5 Å². The van der Waals surface area contributed by atoms with Crippen LogP contribution in [0.15, 0.2) is 59.6 Å². The van der Waals surface area contributed by atoms with Crippen molar-refractivity contribution in [1.29, 1.82) is 0 Å². The van der Waals surface area contributed by atoms with Crippen LogP contribution in [0, 0.1) is 13.8 Å². The standard InChI is InChI=1S/C22H25N5O3S/c1-16-13-17(2)27(25-16)21-11-10-18(14-23-21)15-24-22(28)20-9-6-12-26(20)31(29,30)19-7-4-3-5-8-19/h3-5,7-8,10-11,13-14,20H,6,9,12,15H2,1-2H3,(H,24,28). The Hall–Kier alpha value is -3.04. The molecule has 0 spiro atoms. The number of benzene rings is 1. The summed E-state index contributed by atoms with van der Waals surface area (Å²) in [4.78, 5) is 17.4. The number of hydrogen-bond acceptors (Lipinski definition) is 5. The SMILES string of the molecule is Cc1cc(C)n(-c2ccc(CNC(=O)C3CCCN3S(=O)(=O)c3ccccc3)cn2)n1. The van der Waals surface area contributed by atoms with Crippen LogP contribution in [-0.2, 0) is 21.4 Å². The van der Waals surface area contributed by atoms with E-state index in [1.165, 1.54) is 4.31 Å². The fraction of sp³-hybridized carbons (Fsp3) is 0.318. The lowest BCUT2D eigenvalue weighted by Crippen LogP contribution is -2.45. The number of aromatic nitrogens is 3. The summed E-state index contributed by atoms with van der Waals surface area (Å²) < 4.78 is 29.0. The number of pyridine rings is 1. The first-order valence-electron chi connectivity index (χ1n) is 10.2. The lowest BCUT2D eigenvalue weighted by molar-refractivity contribution is -0.124. The van der Waals surface area contributed by atoms with Gasteiger partial charge in [0.05, 0.1) is 10.6 Å². The van der Waals surface area contributed by atoms with Crippen molar-refractivity contribution in [2.75, 3.05) is 6.54 Å². The van der Waals surface area contributed by atoms with Crippen LogP contribution in [0.3, 0.4) is 0 Å². The first-order valence-corrected chi connectivity index (χ1v) is 11.6. The minimum absolute atomic E-state index is 0.207. The molecule has 31 heavy (non-hydrogen) atoms. The van der Waals surface area contributed by atoms with Crippen LogP contribution >= 0.6 is 0 Å². The Balaban J connectivity index is 1.42. The van der Waals surface area contributed by atoms with Crippen molar-refractivity contribution in [3.05, 3.63) is 71.7 Å². The Morgan fingerprint density at radius 1 is 1.16 bits per heavy atom. The topological polar surface area (TPSA) is 97.2 Å². The van der Waals surface area contributed by atoms with E-state index in [9.17, 15) is 13.2 Å². The van der Waals surface area contributed by atoms with Gasteiger partial charge in [0.1, 0.15) is 6.04 Å². The molecule has 0 radical (unpaired) electrons. The largest absolute Gasteiger partial charge is 0.351 e. The molecule has 4 rings (SSSR count). The average Bonchev–Trinajstić information content (AvgIpc) is 3.40. The number of carbonyl (C=O) groups is 1. The molecular weight excluding hydrogens is 414 g/mol. The van der Waals surface area contributed by atoms with Gasteiger partial charge in [-0.3, -0.25) is 4.79 Å². The molecule has 0 saturated carbocycles. The van der Waals surface area contributed by atoms with Gasteiger partial charge in [-0.25, -0.2) is 18.1 Å². The van der Waals surface area contributed by atoms with E-state index in [1.807, 2.05) is 32.0 Å². The molecule has 8 nitrogen and oxygen atoms in total. The highest BCUT2D eigenvalue weighted by molar-refractivity contribution is 7.89. The van der Waals surface area contributed by atoms with Crippen molar-refractivity contribution in [1.82, 2.24) is 24.4 Å². The van der Waals surface area contributed by atoms with E-state index in [1.54, 1.807) is 41.2 Å². The minimum Gasteiger partial charge on any atom is -0.351 e. The molecular formula is C22H25N5O3S. The van der Waals surface area contributed by atoms with Crippen molar-refractivity contribution in [3.8, 4) is 5.82 Å². The molecule has 1 fully saturated rings. The van der Waals surface area contributed by atoms with E-state index in [4.69, 9.17) is 0 Å². The molecule has 3 aromatic rings. The summed E-state index contributed by atoms with van der Waals surface area (Å²) in [6.45, 7) is 4.51. The maximum Gasteiger partial charge on any atom is 0.243 e. The summed E-state index contributed by atoms with van der Waals surface area (Å²) in [5, 5.41) is 7.28. The van der Waals surface area contributed by atoms with Crippen LogP contribution < -0.4 is 5.32 Å². The molecule has 1 amide bonds. The third kappa shape index (κ3) is 4.38. The van der Waals surface area contributed by atoms with Crippen molar-refractivity contribution in [2.45, 2.75) is 44.2 Å². The molecule has 1 atom stereocenters. The number of sulfonamides is 1. The summed E-state index contributed by atoms with van der Waals surface area (Å²) in [6, 6.07) is 13.2. The maximum atomic E-state index is 13.0. The molecule has 162 valence electrons. The van der Waals surface area contributed by atoms with Crippen LogP contribution in [0.5, 0.6) is 0 Å². The number of nitrogens with one attached hydrogen (secondary N) is 1. The summed E-state index contributed by atoms with van der Waals surface area (Å²) in [6.07, 6.45) is 2.86. The van der Waals surface area contributed by atoms with Gasteiger partial charge >= 0.3 is 0 Å². The molecule has 2 aromatic heterocycles. The quantitative estimate of drug-likeness (QED) is 0.636. The van der Waals surface area contributed by atoms with Crippen molar-refractivity contribution >= 4 is 15.9 Å². The molecule has 1 aromatic carbocycles. The third-order valence-corrected chi connectivity index (χ3v) is 7.28. The number of nitrogens with zero attached hydrogens (tertiary/aromatic N) is 4. The minimum atomic E-state index is -3.70. The zero-order chi connectivity index (χ0) is 22.0. The Bertz CT molecular complexity index is 1170. The Morgan fingerprint density at radius 3 is 2.58 bits per heavy atom. The molecule has 1 unspecified atom stereocenters. The summed E-state index contributed by atoms with van der Waals surface area (Å²) in [5.41, 5.74) is 2.74. The van der Waals surface area contributed by atoms with Gasteiger partial charge in [0.15, 0.2) is 5.82 Å². The Labute approximate surface area is 182 Å². The highest BCUT2D eigenvalue weighted by atomic mass is 32.2. The summed E-state index contributed by atoms with van der Waals surface area (Å²) in [5.74, 6) is 0.413. The highest BCUT2D eigenvalue weighted by Gasteiger charge is 2.39. The predicted molar refractivity (Wildman–Crippen MR) is 116 cm³/mol. The summed E-state index contributed by atoms with van der Waals surface area (Å²) in [7, 11) is -3.70. The van der Waals surface area contributed by atoms with Crippen LogP contribution in [-0.4, -0.2) is 46.0 Å². The fourth-order valence-electron chi connectivity index (χ4n) is 3.83. The van der Waals surface area contributed by atoms with E-state index < -0.39 is 16.1 Å². The van der Waals surface area contributed by atoms with Crippen LogP contribution in [0.25, 0.3) is 5.82 Å². The van der Waals surface area contributed by atoms with Gasteiger partial charge in [-0.15, -0.1) is 0 Å². The van der Waals surface area contributed by atoms with Crippen molar-refractivity contribution in [3.63, 3.8) is 0 Å². The van der Waals surface area contributed by atoms with Gasteiger partial charge < -0.3 is 5.32 Å². The molecule has 3 heterocycles. The predicted octanol–water partition coefficient (Wildman–Crippen LogP) is 2.35. The second-order valence-electron chi connectivity index (χ2n) is 7.67. The van der Waals surface area contributed by atoms with E-state index in [0.29, 0.717) is 25.2 Å². The monoisotopic (exact) mass is 439 g/mol. The van der Waals surface area contributed by atoms with Gasteiger partial charge in [0.2, 0.25) is 15.9 Å². The zero-order valence-corrected chi connectivity index (χ0v) is 18.3. The Morgan fingerprint density at radius 2 is 1.94 bits per heavy atom. The number of hydrogen-bond donors (Lipinski definition) is 1. The van der Waals surface area contributed by atoms with E-state index in [2.05, 4.69) is 15.4 Å². The van der Waals surface area contributed by atoms with Gasteiger partial charge in [-0.2, -0.15) is 9.40 Å².